The second-order valence-corrected chi connectivity index (χ2v) is 6.82. The lowest BCUT2D eigenvalue weighted by Gasteiger charge is -2.07. The van der Waals surface area contributed by atoms with Gasteiger partial charge >= 0.3 is 0 Å². The van der Waals surface area contributed by atoms with Gasteiger partial charge in [0.05, 0.1) is 21.4 Å². The Hall–Kier alpha value is -0.880. The van der Waals surface area contributed by atoms with Crippen molar-refractivity contribution in [2.45, 2.75) is 17.6 Å². The van der Waals surface area contributed by atoms with Gasteiger partial charge in [0.2, 0.25) is 0 Å². The van der Waals surface area contributed by atoms with Crippen LogP contribution in [0.3, 0.4) is 0 Å². The Kier molecular flexibility index (Phi) is 4.40. The Balaban J connectivity index is 2.19. The molecule has 0 aliphatic carbocycles. The third-order valence-corrected chi connectivity index (χ3v) is 4.80. The van der Waals surface area contributed by atoms with E-state index in [1.165, 1.54) is 3.57 Å². The summed E-state index contributed by atoms with van der Waals surface area (Å²) in [5.74, 6) is 0.504. The van der Waals surface area contributed by atoms with Gasteiger partial charge in [-0.15, -0.1) is 0 Å². The Morgan fingerprint density at radius 1 is 1.17 bits per heavy atom. The summed E-state index contributed by atoms with van der Waals surface area (Å²) in [6, 6.07) is 13.7. The second kappa shape index (κ2) is 5.84. The first kappa shape index (κ1) is 13.5. The second-order valence-electron chi connectivity index (χ2n) is 4.16. The zero-order chi connectivity index (χ0) is 13.1. The molecule has 2 aromatic rings. The van der Waals surface area contributed by atoms with E-state index in [0.717, 1.165) is 16.0 Å². The van der Waals surface area contributed by atoms with Crippen molar-refractivity contribution in [1.29, 1.82) is 0 Å². The van der Waals surface area contributed by atoms with E-state index in [0.29, 0.717) is 11.4 Å². The van der Waals surface area contributed by atoms with Gasteiger partial charge in [-0.2, -0.15) is 0 Å². The first-order valence-electron chi connectivity index (χ1n) is 5.55. The maximum absolute atomic E-state index is 12.3. The molecule has 0 heterocycles. The molecule has 2 N–H and O–H groups in total. The summed E-state index contributed by atoms with van der Waals surface area (Å²) in [4.78, 5) is 0.721. The number of nitrogen functional groups attached to an aromatic ring is 1. The van der Waals surface area contributed by atoms with Gasteiger partial charge in [0.1, 0.15) is 0 Å². The molecule has 18 heavy (non-hydrogen) atoms. The lowest BCUT2D eigenvalue weighted by molar-refractivity contribution is 0.683. The average Bonchev–Trinajstić information content (AvgIpc) is 2.32. The van der Waals surface area contributed by atoms with Crippen molar-refractivity contribution in [3.8, 4) is 0 Å². The highest BCUT2D eigenvalue weighted by molar-refractivity contribution is 14.1. The third-order valence-electron chi connectivity index (χ3n) is 2.62. The van der Waals surface area contributed by atoms with Crippen LogP contribution in [0.15, 0.2) is 47.4 Å². The van der Waals surface area contributed by atoms with Crippen LogP contribution < -0.4 is 5.73 Å². The number of aryl methyl sites for hydroxylation is 1. The molecule has 4 heteroatoms. The van der Waals surface area contributed by atoms with Gasteiger partial charge in [-0.05, 0) is 64.9 Å². The molecule has 2 rings (SSSR count). The Morgan fingerprint density at radius 2 is 1.83 bits per heavy atom. The molecule has 0 saturated carbocycles. The van der Waals surface area contributed by atoms with Gasteiger partial charge in [-0.1, -0.05) is 18.2 Å². The lowest BCUT2D eigenvalue weighted by Crippen LogP contribution is -2.01. The highest BCUT2D eigenvalue weighted by Gasteiger charge is 2.08. The number of rotatable bonds is 3. The first-order valence-corrected chi connectivity index (χ1v) is 7.95. The largest absolute Gasteiger partial charge is 0.398 e. The van der Waals surface area contributed by atoms with Crippen molar-refractivity contribution in [1.82, 2.24) is 0 Å². The number of hydrogen-bond donors (Lipinski definition) is 1. The number of benzene rings is 2. The summed E-state index contributed by atoms with van der Waals surface area (Å²) in [5.41, 5.74) is 8.67. The van der Waals surface area contributed by atoms with Crippen molar-refractivity contribution in [2.75, 3.05) is 5.73 Å². The molecule has 0 aliphatic rings. The molecule has 2 nitrogen and oxygen atoms in total. The zero-order valence-electron chi connectivity index (χ0n) is 10.0. The third kappa shape index (κ3) is 3.32. The minimum Gasteiger partial charge on any atom is -0.398 e. The summed E-state index contributed by atoms with van der Waals surface area (Å²) in [5, 5.41) is 0. The number of nitrogens with two attached hydrogens (primary N) is 1. The quantitative estimate of drug-likeness (QED) is 0.663. The maximum Gasteiger partial charge on any atom is 0.0621 e. The van der Waals surface area contributed by atoms with Gasteiger partial charge in [-0.25, -0.2) is 0 Å². The Morgan fingerprint density at radius 3 is 2.44 bits per heavy atom. The Labute approximate surface area is 123 Å². The van der Waals surface area contributed by atoms with Crippen molar-refractivity contribution < 1.29 is 4.21 Å². The van der Waals surface area contributed by atoms with E-state index in [1.54, 1.807) is 0 Å². The van der Waals surface area contributed by atoms with Crippen molar-refractivity contribution in [3.63, 3.8) is 0 Å². The van der Waals surface area contributed by atoms with Gasteiger partial charge in [0.15, 0.2) is 0 Å². The van der Waals surface area contributed by atoms with Crippen LogP contribution in [0.5, 0.6) is 0 Å². The predicted octanol–water partition coefficient (Wildman–Crippen LogP) is 3.49. The van der Waals surface area contributed by atoms with Gasteiger partial charge in [0, 0.05) is 9.26 Å². The molecular weight excluding hydrogens is 357 g/mol. The number of anilines is 1. The van der Waals surface area contributed by atoms with Gasteiger partial charge in [0.25, 0.3) is 0 Å². The molecule has 0 aromatic heterocycles. The number of halogens is 1. The fourth-order valence-corrected chi connectivity index (χ4v) is 3.24. The van der Waals surface area contributed by atoms with E-state index in [1.807, 2.05) is 49.4 Å². The van der Waals surface area contributed by atoms with Crippen molar-refractivity contribution in [3.05, 3.63) is 57.2 Å². The van der Waals surface area contributed by atoms with E-state index >= 15 is 0 Å². The fraction of sp³-hybridized carbons (Fsp3) is 0.143. The van der Waals surface area contributed by atoms with Gasteiger partial charge < -0.3 is 5.73 Å². The highest BCUT2D eigenvalue weighted by Crippen LogP contribution is 2.20. The molecule has 0 aliphatic heterocycles. The van der Waals surface area contributed by atoms with Crippen LogP contribution in [0.25, 0.3) is 0 Å². The van der Waals surface area contributed by atoms with Crippen molar-refractivity contribution in [2.24, 2.45) is 0 Å². The van der Waals surface area contributed by atoms with Crippen LogP contribution >= 0.6 is 22.6 Å². The minimum absolute atomic E-state index is 0.504. The molecule has 0 bridgehead atoms. The standard InChI is InChI=1S/C14H14INOS/c1-10-2-7-14(13(16)8-10)18(17)9-11-3-5-12(15)6-4-11/h2-8H,9,16H2,1H3. The molecule has 1 unspecified atom stereocenters. The molecule has 94 valence electrons. The normalized spacial score (nSPS) is 12.3. The van der Waals surface area contributed by atoms with Gasteiger partial charge in [-0.3, -0.25) is 4.21 Å². The first-order chi connectivity index (χ1) is 8.56. The summed E-state index contributed by atoms with van der Waals surface area (Å²) in [6.07, 6.45) is 0. The molecule has 0 radical (unpaired) electrons. The van der Waals surface area contributed by atoms with E-state index in [2.05, 4.69) is 22.6 Å². The average molecular weight is 371 g/mol. The fourth-order valence-electron chi connectivity index (χ4n) is 1.68. The minimum atomic E-state index is -1.09. The number of hydrogen-bond acceptors (Lipinski definition) is 2. The summed E-state index contributed by atoms with van der Waals surface area (Å²) >= 11 is 2.25. The maximum atomic E-state index is 12.3. The van der Waals surface area contributed by atoms with E-state index in [4.69, 9.17) is 5.73 Å². The van der Waals surface area contributed by atoms with E-state index in [9.17, 15) is 4.21 Å². The van der Waals surface area contributed by atoms with Crippen LogP contribution in [0.2, 0.25) is 0 Å². The van der Waals surface area contributed by atoms with E-state index in [-0.39, 0.29) is 0 Å². The summed E-state index contributed by atoms with van der Waals surface area (Å²) in [6.45, 7) is 1.97. The van der Waals surface area contributed by atoms with E-state index < -0.39 is 10.8 Å². The molecule has 0 saturated heterocycles. The molecule has 1 atom stereocenters. The molecule has 0 fully saturated rings. The molecule has 2 aromatic carbocycles. The van der Waals surface area contributed by atoms with Crippen LogP contribution in [0.4, 0.5) is 5.69 Å². The molecular formula is C14H14INOS. The SMILES string of the molecule is Cc1ccc(S(=O)Cc2ccc(I)cc2)c(N)c1. The van der Waals surface area contributed by atoms with Crippen molar-refractivity contribution >= 4 is 39.1 Å². The summed E-state index contributed by atoms with van der Waals surface area (Å²) in [7, 11) is -1.09. The van der Waals surface area contributed by atoms with Crippen LogP contribution in [0, 0.1) is 10.5 Å². The Bertz CT molecular complexity index is 581. The van der Waals surface area contributed by atoms with Crippen LogP contribution in [-0.2, 0) is 16.6 Å². The van der Waals surface area contributed by atoms with Crippen LogP contribution in [-0.4, -0.2) is 4.21 Å². The lowest BCUT2D eigenvalue weighted by atomic mass is 10.2. The topological polar surface area (TPSA) is 43.1 Å². The molecule has 0 spiro atoms. The zero-order valence-corrected chi connectivity index (χ0v) is 13.0. The molecule has 0 amide bonds. The summed E-state index contributed by atoms with van der Waals surface area (Å²) < 4.78 is 13.4. The predicted molar refractivity (Wildman–Crippen MR) is 84.9 cm³/mol. The van der Waals surface area contributed by atoms with Crippen LogP contribution in [0.1, 0.15) is 11.1 Å². The smallest absolute Gasteiger partial charge is 0.0621 e. The highest BCUT2D eigenvalue weighted by atomic mass is 127. The monoisotopic (exact) mass is 371 g/mol.